The molecule has 2 heterocycles. The van der Waals surface area contributed by atoms with Gasteiger partial charge in [-0.1, -0.05) is 42.3 Å². The molecule has 1 atom stereocenters. The Hall–Kier alpha value is -2.64. The number of halogens is 3. The topological polar surface area (TPSA) is 63.1 Å². The summed E-state index contributed by atoms with van der Waals surface area (Å²) in [5, 5.41) is 8.00. The van der Waals surface area contributed by atoms with Crippen LogP contribution in [0.2, 0.25) is 10.0 Å². The highest BCUT2D eigenvalue weighted by molar-refractivity contribution is 6.32. The number of aromatic nitrogens is 3. The van der Waals surface area contributed by atoms with Crippen molar-refractivity contribution in [3.8, 4) is 5.69 Å². The molecule has 1 amide bonds. The molecule has 3 aromatic rings. The number of hydrogen-bond donors (Lipinski definition) is 1. The average molecular weight is 448 g/mol. The summed E-state index contributed by atoms with van der Waals surface area (Å²) in [5.41, 5.74) is 1.51. The Morgan fingerprint density at radius 2 is 2.03 bits per heavy atom. The van der Waals surface area contributed by atoms with Crippen molar-refractivity contribution in [3.63, 3.8) is 0 Å². The van der Waals surface area contributed by atoms with E-state index < -0.39 is 5.82 Å². The molecule has 30 heavy (non-hydrogen) atoms. The van der Waals surface area contributed by atoms with Crippen LogP contribution in [0.4, 0.5) is 10.1 Å². The van der Waals surface area contributed by atoms with Gasteiger partial charge in [0.2, 0.25) is 5.82 Å². The Kier molecular flexibility index (Phi) is 5.92. The third kappa shape index (κ3) is 4.13. The zero-order chi connectivity index (χ0) is 21.3. The third-order valence-corrected chi connectivity index (χ3v) is 5.68. The number of para-hydroxylation sites is 1. The SMILES string of the molecule is CCc1nc(C(=O)NC2CCN(c3ccc(F)c(Cl)c3)C2)nn1-c1ccccc1Cl. The fourth-order valence-corrected chi connectivity index (χ4v) is 3.92. The summed E-state index contributed by atoms with van der Waals surface area (Å²) in [6.45, 7) is 3.27. The van der Waals surface area contributed by atoms with Crippen molar-refractivity contribution in [3.05, 3.63) is 70.0 Å². The number of carbonyl (C=O) groups is 1. The highest BCUT2D eigenvalue weighted by Crippen LogP contribution is 2.26. The summed E-state index contributed by atoms with van der Waals surface area (Å²) >= 11 is 12.2. The Morgan fingerprint density at radius 3 is 2.77 bits per heavy atom. The van der Waals surface area contributed by atoms with Crippen molar-refractivity contribution < 1.29 is 9.18 Å². The largest absolute Gasteiger partial charge is 0.369 e. The standard InChI is InChI=1S/C21H20Cl2FN5O/c1-2-19-26-20(27-29(19)18-6-4-3-5-15(18)22)21(30)25-13-9-10-28(12-13)14-7-8-17(24)16(23)11-14/h3-8,11,13H,2,9-10,12H2,1H3,(H,25,30). The fourth-order valence-electron chi connectivity index (χ4n) is 3.53. The zero-order valence-electron chi connectivity index (χ0n) is 16.3. The molecule has 1 N–H and O–H groups in total. The second-order valence-electron chi connectivity index (χ2n) is 7.07. The van der Waals surface area contributed by atoms with Crippen LogP contribution in [0, 0.1) is 5.82 Å². The van der Waals surface area contributed by atoms with Gasteiger partial charge in [-0.3, -0.25) is 4.79 Å². The van der Waals surface area contributed by atoms with Crippen LogP contribution < -0.4 is 10.2 Å². The van der Waals surface area contributed by atoms with Crippen LogP contribution >= 0.6 is 23.2 Å². The predicted octanol–water partition coefficient (Wildman–Crippen LogP) is 4.28. The first-order valence-electron chi connectivity index (χ1n) is 9.68. The fraction of sp³-hybridized carbons (Fsp3) is 0.286. The molecule has 9 heteroatoms. The number of anilines is 1. The maximum absolute atomic E-state index is 13.4. The van der Waals surface area contributed by atoms with Gasteiger partial charge in [0.1, 0.15) is 11.6 Å². The highest BCUT2D eigenvalue weighted by atomic mass is 35.5. The smallest absolute Gasteiger partial charge is 0.291 e. The van der Waals surface area contributed by atoms with Gasteiger partial charge in [-0.15, -0.1) is 5.10 Å². The summed E-state index contributed by atoms with van der Waals surface area (Å²) in [4.78, 5) is 19.2. The van der Waals surface area contributed by atoms with Crippen LogP contribution in [0.3, 0.4) is 0 Å². The third-order valence-electron chi connectivity index (χ3n) is 5.07. The molecule has 0 aliphatic carbocycles. The normalized spacial score (nSPS) is 16.1. The quantitative estimate of drug-likeness (QED) is 0.633. The first kappa shape index (κ1) is 20.6. The van der Waals surface area contributed by atoms with Gasteiger partial charge < -0.3 is 10.2 Å². The molecule has 156 valence electrons. The number of carbonyl (C=O) groups excluding carboxylic acids is 1. The number of rotatable bonds is 5. The molecule has 6 nitrogen and oxygen atoms in total. The number of nitrogens with zero attached hydrogens (tertiary/aromatic N) is 4. The first-order chi connectivity index (χ1) is 14.5. The maximum Gasteiger partial charge on any atom is 0.291 e. The van der Waals surface area contributed by atoms with Gasteiger partial charge in [0.05, 0.1) is 15.7 Å². The number of amides is 1. The van der Waals surface area contributed by atoms with Gasteiger partial charge in [-0.05, 0) is 36.8 Å². The Labute approximate surface area is 183 Å². The van der Waals surface area contributed by atoms with E-state index in [-0.39, 0.29) is 22.8 Å². The minimum atomic E-state index is -0.448. The first-order valence-corrected chi connectivity index (χ1v) is 10.4. The van der Waals surface area contributed by atoms with Crippen molar-refractivity contribution in [1.82, 2.24) is 20.1 Å². The number of hydrogen-bond acceptors (Lipinski definition) is 4. The average Bonchev–Trinajstić information content (AvgIpc) is 3.37. The van der Waals surface area contributed by atoms with E-state index in [1.165, 1.54) is 6.07 Å². The molecule has 0 bridgehead atoms. The minimum absolute atomic E-state index is 0.0707. The molecule has 1 saturated heterocycles. The van der Waals surface area contributed by atoms with Crippen LogP contribution in [-0.4, -0.2) is 39.8 Å². The lowest BCUT2D eigenvalue weighted by atomic mass is 10.2. The van der Waals surface area contributed by atoms with Crippen molar-refractivity contribution in [2.45, 2.75) is 25.8 Å². The molecule has 1 unspecified atom stereocenters. The van der Waals surface area contributed by atoms with E-state index in [9.17, 15) is 9.18 Å². The van der Waals surface area contributed by atoms with Crippen molar-refractivity contribution >= 4 is 34.8 Å². The molecule has 0 spiro atoms. The molecular weight excluding hydrogens is 428 g/mol. The van der Waals surface area contributed by atoms with Crippen LogP contribution in [-0.2, 0) is 6.42 Å². The second-order valence-corrected chi connectivity index (χ2v) is 7.89. The van der Waals surface area contributed by atoms with Gasteiger partial charge in [0.15, 0.2) is 0 Å². The van der Waals surface area contributed by atoms with Crippen molar-refractivity contribution in [1.29, 1.82) is 0 Å². The van der Waals surface area contributed by atoms with E-state index in [1.807, 2.05) is 25.1 Å². The molecule has 4 rings (SSSR count). The van der Waals surface area contributed by atoms with Gasteiger partial charge in [-0.2, -0.15) is 0 Å². The van der Waals surface area contributed by atoms with E-state index in [0.29, 0.717) is 29.5 Å². The van der Waals surface area contributed by atoms with Crippen LogP contribution in [0.25, 0.3) is 5.69 Å². The highest BCUT2D eigenvalue weighted by Gasteiger charge is 2.27. The Balaban J connectivity index is 1.47. The van der Waals surface area contributed by atoms with E-state index in [1.54, 1.807) is 22.9 Å². The van der Waals surface area contributed by atoms with Gasteiger partial charge >= 0.3 is 0 Å². The molecule has 0 saturated carbocycles. The maximum atomic E-state index is 13.4. The minimum Gasteiger partial charge on any atom is -0.369 e. The van der Waals surface area contributed by atoms with Crippen LogP contribution in [0.15, 0.2) is 42.5 Å². The molecule has 1 aliphatic heterocycles. The number of nitrogens with one attached hydrogen (secondary N) is 1. The van der Waals surface area contributed by atoms with Gasteiger partial charge in [0.25, 0.3) is 5.91 Å². The molecule has 1 aliphatic rings. The van der Waals surface area contributed by atoms with E-state index in [2.05, 4.69) is 20.3 Å². The second kappa shape index (κ2) is 8.62. The van der Waals surface area contributed by atoms with Crippen LogP contribution in [0.5, 0.6) is 0 Å². The Bertz CT molecular complexity index is 1090. The predicted molar refractivity (Wildman–Crippen MR) is 115 cm³/mol. The Morgan fingerprint density at radius 1 is 1.23 bits per heavy atom. The molecule has 1 fully saturated rings. The summed E-state index contributed by atoms with van der Waals surface area (Å²) in [5.74, 6) is -0.0202. The van der Waals surface area contributed by atoms with Crippen LogP contribution in [0.1, 0.15) is 29.8 Å². The molecule has 1 aromatic heterocycles. The molecule has 2 aromatic carbocycles. The lowest BCUT2D eigenvalue weighted by Gasteiger charge is -2.19. The lowest BCUT2D eigenvalue weighted by molar-refractivity contribution is 0.0930. The lowest BCUT2D eigenvalue weighted by Crippen LogP contribution is -2.37. The summed E-state index contributed by atoms with van der Waals surface area (Å²) in [6, 6.07) is 11.9. The molecule has 0 radical (unpaired) electrons. The van der Waals surface area contributed by atoms with E-state index >= 15 is 0 Å². The van der Waals surface area contributed by atoms with E-state index in [0.717, 1.165) is 18.7 Å². The van der Waals surface area contributed by atoms with E-state index in [4.69, 9.17) is 23.2 Å². The summed E-state index contributed by atoms with van der Waals surface area (Å²) < 4.78 is 15.0. The van der Waals surface area contributed by atoms with Crippen molar-refractivity contribution in [2.24, 2.45) is 0 Å². The monoisotopic (exact) mass is 447 g/mol. The van der Waals surface area contributed by atoms with Gasteiger partial charge in [-0.25, -0.2) is 14.1 Å². The van der Waals surface area contributed by atoms with Gasteiger partial charge in [0, 0.05) is 31.2 Å². The zero-order valence-corrected chi connectivity index (χ0v) is 17.8. The summed E-state index contributed by atoms with van der Waals surface area (Å²) in [7, 11) is 0. The number of aryl methyl sites for hydroxylation is 1. The van der Waals surface area contributed by atoms with Crippen molar-refractivity contribution in [2.75, 3.05) is 18.0 Å². The molecular formula is C21H20Cl2FN5O. The summed E-state index contributed by atoms with van der Waals surface area (Å²) in [6.07, 6.45) is 1.36. The number of benzene rings is 2.